The number of benzene rings is 1. The first-order valence-electron chi connectivity index (χ1n) is 7.64. The highest BCUT2D eigenvalue weighted by atomic mass is 79.9. The standard InChI is InChI=1S/C17H18BrN3O4/c1-25-10-2-9-20(12-13-5-7-19-8-6-13)17(22)14-3-4-15(18)16(11-14)21(23)24/h3-8,11H,2,9-10,12H2,1H3. The number of nitro benzene ring substituents is 1. The Morgan fingerprint density at radius 1 is 1.32 bits per heavy atom. The van der Waals surface area contributed by atoms with Crippen LogP contribution in [0.4, 0.5) is 5.69 Å². The van der Waals surface area contributed by atoms with Crippen molar-refractivity contribution in [2.45, 2.75) is 13.0 Å². The van der Waals surface area contributed by atoms with E-state index >= 15 is 0 Å². The van der Waals surface area contributed by atoms with E-state index in [1.165, 1.54) is 12.1 Å². The van der Waals surface area contributed by atoms with Crippen LogP contribution in [0.5, 0.6) is 0 Å². The predicted octanol–water partition coefficient (Wildman–Crippen LogP) is 3.43. The van der Waals surface area contributed by atoms with Crippen molar-refractivity contribution in [1.29, 1.82) is 0 Å². The zero-order valence-corrected chi connectivity index (χ0v) is 15.3. The number of pyridine rings is 1. The van der Waals surface area contributed by atoms with Crippen LogP contribution in [0.15, 0.2) is 47.2 Å². The molecule has 0 fully saturated rings. The van der Waals surface area contributed by atoms with Crippen molar-refractivity contribution in [1.82, 2.24) is 9.88 Å². The quantitative estimate of drug-likeness (QED) is 0.380. The SMILES string of the molecule is COCCCN(Cc1ccncc1)C(=O)c1ccc(Br)c([N+](=O)[O-])c1. The second kappa shape index (κ2) is 9.24. The molecule has 0 aliphatic heterocycles. The number of amides is 1. The van der Waals surface area contributed by atoms with Crippen molar-refractivity contribution >= 4 is 27.5 Å². The normalized spacial score (nSPS) is 10.5. The Hall–Kier alpha value is -2.32. The van der Waals surface area contributed by atoms with Crippen molar-refractivity contribution in [3.63, 3.8) is 0 Å². The largest absolute Gasteiger partial charge is 0.385 e. The second-order valence-corrected chi connectivity index (χ2v) is 6.21. The summed E-state index contributed by atoms with van der Waals surface area (Å²) >= 11 is 3.13. The average molecular weight is 408 g/mol. The molecule has 0 radical (unpaired) electrons. The molecule has 2 aromatic rings. The van der Waals surface area contributed by atoms with Gasteiger partial charge < -0.3 is 9.64 Å². The van der Waals surface area contributed by atoms with Gasteiger partial charge in [0.1, 0.15) is 0 Å². The zero-order valence-electron chi connectivity index (χ0n) is 13.7. The maximum Gasteiger partial charge on any atom is 0.284 e. The molecule has 0 aliphatic rings. The van der Waals surface area contributed by atoms with E-state index in [4.69, 9.17) is 4.74 Å². The van der Waals surface area contributed by atoms with Gasteiger partial charge in [0.15, 0.2) is 0 Å². The molecule has 0 unspecified atom stereocenters. The molecular weight excluding hydrogens is 390 g/mol. The fourth-order valence-corrected chi connectivity index (χ4v) is 2.72. The molecule has 0 bridgehead atoms. The number of nitro groups is 1. The monoisotopic (exact) mass is 407 g/mol. The number of aromatic nitrogens is 1. The molecule has 132 valence electrons. The molecule has 1 aromatic heterocycles. The lowest BCUT2D eigenvalue weighted by molar-refractivity contribution is -0.385. The number of halogens is 1. The van der Waals surface area contributed by atoms with E-state index in [1.807, 2.05) is 12.1 Å². The van der Waals surface area contributed by atoms with E-state index in [-0.39, 0.29) is 17.2 Å². The zero-order chi connectivity index (χ0) is 18.2. The summed E-state index contributed by atoms with van der Waals surface area (Å²) in [6.07, 6.45) is 4.00. The number of hydrogen-bond donors (Lipinski definition) is 0. The number of carbonyl (C=O) groups excluding carboxylic acids is 1. The van der Waals surface area contributed by atoms with Crippen molar-refractivity contribution in [3.8, 4) is 0 Å². The molecule has 1 heterocycles. The third-order valence-corrected chi connectivity index (χ3v) is 4.25. The van der Waals surface area contributed by atoms with Crippen molar-refractivity contribution < 1.29 is 14.5 Å². The molecule has 2 rings (SSSR count). The maximum absolute atomic E-state index is 12.9. The summed E-state index contributed by atoms with van der Waals surface area (Å²) in [5.41, 5.74) is 1.08. The second-order valence-electron chi connectivity index (χ2n) is 5.35. The van der Waals surface area contributed by atoms with Crippen LogP contribution in [-0.2, 0) is 11.3 Å². The highest BCUT2D eigenvalue weighted by Crippen LogP contribution is 2.26. The first kappa shape index (κ1) is 19.0. The Balaban J connectivity index is 2.24. The summed E-state index contributed by atoms with van der Waals surface area (Å²) in [4.78, 5) is 29.1. The molecule has 0 N–H and O–H groups in total. The van der Waals surface area contributed by atoms with Gasteiger partial charge in [-0.2, -0.15) is 0 Å². The Bertz CT molecular complexity index is 740. The Labute approximate surface area is 153 Å². The van der Waals surface area contributed by atoms with Crippen molar-refractivity contribution in [2.75, 3.05) is 20.3 Å². The van der Waals surface area contributed by atoms with Gasteiger partial charge in [-0.25, -0.2) is 0 Å². The molecule has 7 nitrogen and oxygen atoms in total. The van der Waals surface area contributed by atoms with Crippen LogP contribution in [0.2, 0.25) is 0 Å². The molecule has 8 heteroatoms. The van der Waals surface area contributed by atoms with Crippen LogP contribution < -0.4 is 0 Å². The van der Waals surface area contributed by atoms with Gasteiger partial charge >= 0.3 is 0 Å². The lowest BCUT2D eigenvalue weighted by atomic mass is 10.1. The summed E-state index contributed by atoms with van der Waals surface area (Å²) in [6.45, 7) is 1.41. The minimum absolute atomic E-state index is 0.133. The van der Waals surface area contributed by atoms with E-state index in [0.29, 0.717) is 30.6 Å². The topological polar surface area (TPSA) is 85.6 Å². The fraction of sp³-hybridized carbons (Fsp3) is 0.294. The summed E-state index contributed by atoms with van der Waals surface area (Å²) in [7, 11) is 1.60. The number of nitrogens with zero attached hydrogens (tertiary/aromatic N) is 3. The first-order chi connectivity index (χ1) is 12.0. The Morgan fingerprint density at radius 2 is 2.04 bits per heavy atom. The summed E-state index contributed by atoms with van der Waals surface area (Å²) in [5.74, 6) is -0.261. The van der Waals surface area contributed by atoms with Crippen molar-refractivity contribution in [2.24, 2.45) is 0 Å². The number of methoxy groups -OCH3 is 1. The lowest BCUT2D eigenvalue weighted by Crippen LogP contribution is -2.32. The molecule has 0 saturated carbocycles. The van der Waals surface area contributed by atoms with Crippen LogP contribution in [0.25, 0.3) is 0 Å². The molecule has 0 saturated heterocycles. The maximum atomic E-state index is 12.9. The summed E-state index contributed by atoms with van der Waals surface area (Å²) in [6, 6.07) is 8.06. The highest BCUT2D eigenvalue weighted by Gasteiger charge is 2.20. The van der Waals surface area contributed by atoms with Gasteiger partial charge in [-0.1, -0.05) is 0 Å². The van der Waals surface area contributed by atoms with Crippen LogP contribution in [0, 0.1) is 10.1 Å². The number of rotatable bonds is 8. The molecule has 0 aliphatic carbocycles. The molecular formula is C17H18BrN3O4. The van der Waals surface area contributed by atoms with Gasteiger partial charge in [0, 0.05) is 50.8 Å². The van der Waals surface area contributed by atoms with E-state index in [2.05, 4.69) is 20.9 Å². The first-order valence-corrected chi connectivity index (χ1v) is 8.43. The Morgan fingerprint density at radius 3 is 2.68 bits per heavy atom. The molecule has 0 atom stereocenters. The molecule has 0 spiro atoms. The van der Waals surface area contributed by atoms with Crippen LogP contribution in [-0.4, -0.2) is 41.0 Å². The predicted molar refractivity (Wildman–Crippen MR) is 96.3 cm³/mol. The van der Waals surface area contributed by atoms with Gasteiger partial charge in [-0.3, -0.25) is 19.9 Å². The van der Waals surface area contributed by atoms with Crippen LogP contribution in [0.1, 0.15) is 22.3 Å². The van der Waals surface area contributed by atoms with E-state index < -0.39 is 4.92 Å². The van der Waals surface area contributed by atoms with E-state index in [0.717, 1.165) is 5.56 Å². The van der Waals surface area contributed by atoms with Gasteiger partial charge in [-0.15, -0.1) is 0 Å². The number of ether oxygens (including phenoxy) is 1. The summed E-state index contributed by atoms with van der Waals surface area (Å²) < 4.78 is 5.39. The summed E-state index contributed by atoms with van der Waals surface area (Å²) in [5, 5.41) is 11.1. The van der Waals surface area contributed by atoms with Gasteiger partial charge in [0.25, 0.3) is 11.6 Å². The highest BCUT2D eigenvalue weighted by molar-refractivity contribution is 9.10. The third kappa shape index (κ3) is 5.33. The van der Waals surface area contributed by atoms with Gasteiger partial charge in [-0.05, 0) is 52.2 Å². The smallest absolute Gasteiger partial charge is 0.284 e. The fourth-order valence-electron chi connectivity index (χ4n) is 2.33. The van der Waals surface area contributed by atoms with Gasteiger partial charge in [0.05, 0.1) is 9.40 Å². The lowest BCUT2D eigenvalue weighted by Gasteiger charge is -2.23. The third-order valence-electron chi connectivity index (χ3n) is 3.58. The minimum atomic E-state index is -0.515. The van der Waals surface area contributed by atoms with Gasteiger partial charge in [0.2, 0.25) is 0 Å². The number of hydrogen-bond acceptors (Lipinski definition) is 5. The molecule has 25 heavy (non-hydrogen) atoms. The van der Waals surface area contributed by atoms with Crippen LogP contribution in [0.3, 0.4) is 0 Å². The van der Waals surface area contributed by atoms with Crippen LogP contribution >= 0.6 is 15.9 Å². The molecule has 1 aromatic carbocycles. The van der Waals surface area contributed by atoms with Crippen molar-refractivity contribution in [3.05, 3.63) is 68.4 Å². The van der Waals surface area contributed by atoms with E-state index in [1.54, 1.807) is 30.5 Å². The van der Waals surface area contributed by atoms with E-state index in [9.17, 15) is 14.9 Å². The average Bonchev–Trinajstić information content (AvgIpc) is 2.61. The Kier molecular flexibility index (Phi) is 7.03. The molecule has 1 amide bonds. The number of carbonyl (C=O) groups is 1. The minimum Gasteiger partial charge on any atom is -0.385 e.